The maximum absolute atomic E-state index is 12.0. The van der Waals surface area contributed by atoms with Crippen molar-refractivity contribution >= 4 is 22.8 Å². The second kappa shape index (κ2) is 6.60. The highest BCUT2D eigenvalue weighted by molar-refractivity contribution is 5.98. The van der Waals surface area contributed by atoms with Crippen molar-refractivity contribution in [1.82, 2.24) is 10.2 Å². The van der Waals surface area contributed by atoms with E-state index in [-0.39, 0.29) is 22.9 Å². The van der Waals surface area contributed by atoms with Gasteiger partial charge in [-0.05, 0) is 68.0 Å². The van der Waals surface area contributed by atoms with Crippen LogP contribution in [0.5, 0.6) is 0 Å². The molecule has 27 heavy (non-hydrogen) atoms. The maximum atomic E-state index is 12.0. The Morgan fingerprint density at radius 1 is 1.04 bits per heavy atom. The predicted octanol–water partition coefficient (Wildman–Crippen LogP) is 2.43. The average molecular weight is 368 g/mol. The summed E-state index contributed by atoms with van der Waals surface area (Å²) < 4.78 is 5.43. The van der Waals surface area contributed by atoms with Gasteiger partial charge in [0.25, 0.3) is 0 Å². The molecule has 0 atom stereocenters. The molecule has 2 amide bonds. The van der Waals surface area contributed by atoms with Gasteiger partial charge in [0.2, 0.25) is 11.8 Å². The third-order valence-electron chi connectivity index (χ3n) is 5.92. The number of rotatable bonds is 2. The zero-order chi connectivity index (χ0) is 19.2. The van der Waals surface area contributed by atoms with Gasteiger partial charge in [0.1, 0.15) is 5.58 Å². The lowest BCUT2D eigenvalue weighted by atomic mass is 9.71. The molecule has 1 N–H and O–H groups in total. The van der Waals surface area contributed by atoms with Gasteiger partial charge >= 0.3 is 5.63 Å². The van der Waals surface area contributed by atoms with E-state index in [0.717, 1.165) is 48.0 Å². The molecule has 1 aromatic heterocycles. The van der Waals surface area contributed by atoms with Crippen LogP contribution in [0, 0.1) is 19.3 Å². The molecule has 2 aliphatic rings. The van der Waals surface area contributed by atoms with Crippen LogP contribution in [0.2, 0.25) is 0 Å². The molecular weight excluding hydrogens is 344 g/mol. The fourth-order valence-corrected chi connectivity index (χ4v) is 4.58. The first kappa shape index (κ1) is 17.9. The van der Waals surface area contributed by atoms with Gasteiger partial charge in [-0.2, -0.15) is 0 Å². The van der Waals surface area contributed by atoms with E-state index in [1.165, 1.54) is 0 Å². The molecule has 2 aliphatic heterocycles. The molecule has 1 spiro atoms. The lowest BCUT2D eigenvalue weighted by molar-refractivity contribution is -0.139. The Morgan fingerprint density at radius 3 is 2.37 bits per heavy atom. The number of piperidine rings is 2. The predicted molar refractivity (Wildman–Crippen MR) is 101 cm³/mol. The number of fused-ring (bicyclic) bond motifs is 1. The Hall–Kier alpha value is -2.47. The number of carbonyl (C=O) groups excluding carboxylic acids is 2. The lowest BCUT2D eigenvalue weighted by Gasteiger charge is -2.43. The molecule has 3 heterocycles. The number of likely N-dealkylation sites (tertiary alicyclic amines) is 1. The number of nitrogens with one attached hydrogen (secondary N) is 1. The van der Waals surface area contributed by atoms with Crippen LogP contribution in [0.3, 0.4) is 0 Å². The molecule has 0 radical (unpaired) electrons. The molecule has 2 aromatic rings. The van der Waals surface area contributed by atoms with Crippen molar-refractivity contribution in [2.75, 3.05) is 13.1 Å². The summed E-state index contributed by atoms with van der Waals surface area (Å²) in [7, 11) is 0. The first-order valence-corrected chi connectivity index (χ1v) is 9.43. The molecule has 0 bridgehead atoms. The van der Waals surface area contributed by atoms with Gasteiger partial charge in [-0.25, -0.2) is 4.79 Å². The van der Waals surface area contributed by atoms with Crippen LogP contribution in [0.25, 0.3) is 11.0 Å². The van der Waals surface area contributed by atoms with E-state index in [4.69, 9.17) is 4.42 Å². The van der Waals surface area contributed by atoms with Gasteiger partial charge < -0.3 is 4.42 Å². The van der Waals surface area contributed by atoms with Gasteiger partial charge in [0, 0.05) is 30.8 Å². The van der Waals surface area contributed by atoms with Crippen molar-refractivity contribution in [3.05, 3.63) is 45.3 Å². The van der Waals surface area contributed by atoms with Crippen molar-refractivity contribution in [2.45, 2.75) is 46.1 Å². The van der Waals surface area contributed by atoms with Crippen LogP contribution in [0.4, 0.5) is 0 Å². The highest BCUT2D eigenvalue weighted by Crippen LogP contribution is 2.40. The van der Waals surface area contributed by atoms with Crippen molar-refractivity contribution in [3.8, 4) is 0 Å². The monoisotopic (exact) mass is 368 g/mol. The van der Waals surface area contributed by atoms with E-state index in [1.54, 1.807) is 6.07 Å². The fourth-order valence-electron chi connectivity index (χ4n) is 4.58. The molecule has 2 fully saturated rings. The smallest absolute Gasteiger partial charge is 0.336 e. The van der Waals surface area contributed by atoms with Crippen LogP contribution in [-0.2, 0) is 16.1 Å². The van der Waals surface area contributed by atoms with E-state index in [0.29, 0.717) is 25.0 Å². The summed E-state index contributed by atoms with van der Waals surface area (Å²) in [6.07, 6.45) is 2.51. The molecule has 142 valence electrons. The van der Waals surface area contributed by atoms with Crippen LogP contribution in [0.1, 0.15) is 42.4 Å². The summed E-state index contributed by atoms with van der Waals surface area (Å²) in [5, 5.41) is 3.39. The van der Waals surface area contributed by atoms with Crippen molar-refractivity contribution < 1.29 is 14.0 Å². The lowest BCUT2D eigenvalue weighted by Crippen LogP contribution is -2.49. The van der Waals surface area contributed by atoms with Crippen molar-refractivity contribution in [2.24, 2.45) is 5.41 Å². The van der Waals surface area contributed by atoms with Crippen LogP contribution >= 0.6 is 0 Å². The summed E-state index contributed by atoms with van der Waals surface area (Å²) in [6.45, 7) is 6.29. The highest BCUT2D eigenvalue weighted by Gasteiger charge is 2.41. The van der Waals surface area contributed by atoms with Gasteiger partial charge in [-0.3, -0.25) is 19.8 Å². The summed E-state index contributed by atoms with van der Waals surface area (Å²) in [4.78, 5) is 37.9. The number of hydrogen-bond donors (Lipinski definition) is 1. The Kier molecular flexibility index (Phi) is 4.38. The number of amides is 2. The topological polar surface area (TPSA) is 79.6 Å². The van der Waals surface area contributed by atoms with Gasteiger partial charge in [-0.1, -0.05) is 6.07 Å². The Bertz CT molecular complexity index is 966. The molecule has 0 aliphatic carbocycles. The molecule has 0 unspecified atom stereocenters. The molecule has 1 aromatic carbocycles. The zero-order valence-electron chi connectivity index (χ0n) is 15.8. The molecule has 4 rings (SSSR count). The third-order valence-corrected chi connectivity index (χ3v) is 5.92. The zero-order valence-corrected chi connectivity index (χ0v) is 15.8. The molecule has 0 saturated carbocycles. The first-order chi connectivity index (χ1) is 12.8. The fraction of sp³-hybridized carbons (Fsp3) is 0.476. The quantitative estimate of drug-likeness (QED) is 0.651. The number of aryl methyl sites for hydroxylation is 2. The Morgan fingerprint density at radius 2 is 1.70 bits per heavy atom. The minimum atomic E-state index is -0.326. The SMILES string of the molecule is Cc1cc(C)c2oc(=O)cc(CN3CCC4(CC3)CC(=O)NC(=O)C4)c2c1. The van der Waals surface area contributed by atoms with Gasteiger partial charge in [-0.15, -0.1) is 0 Å². The Balaban J connectivity index is 1.55. The number of nitrogens with zero attached hydrogens (tertiary/aromatic N) is 1. The second-order valence-corrected chi connectivity index (χ2v) is 8.15. The van der Waals surface area contributed by atoms with Gasteiger partial charge in [0.15, 0.2) is 0 Å². The van der Waals surface area contributed by atoms with Crippen LogP contribution in [-0.4, -0.2) is 29.8 Å². The largest absolute Gasteiger partial charge is 0.422 e. The van der Waals surface area contributed by atoms with E-state index >= 15 is 0 Å². The molecule has 6 heteroatoms. The number of carbonyl (C=O) groups is 2. The number of hydrogen-bond acceptors (Lipinski definition) is 5. The summed E-state index contributed by atoms with van der Waals surface area (Å²) in [5.41, 5.74) is 3.22. The van der Waals surface area contributed by atoms with E-state index in [2.05, 4.69) is 16.3 Å². The summed E-state index contributed by atoms with van der Waals surface area (Å²) >= 11 is 0. The first-order valence-electron chi connectivity index (χ1n) is 9.43. The highest BCUT2D eigenvalue weighted by atomic mass is 16.4. The number of benzene rings is 1. The van der Waals surface area contributed by atoms with Crippen molar-refractivity contribution in [3.63, 3.8) is 0 Å². The van der Waals surface area contributed by atoms with Crippen molar-refractivity contribution in [1.29, 1.82) is 0 Å². The minimum Gasteiger partial charge on any atom is -0.422 e. The molecule has 6 nitrogen and oxygen atoms in total. The summed E-state index contributed by atoms with van der Waals surface area (Å²) in [6, 6.07) is 5.67. The molecule has 2 saturated heterocycles. The standard InChI is InChI=1S/C21H24N2O4/c1-13-7-14(2)20-16(8-13)15(9-19(26)27-20)12-23-5-3-21(4-6-23)10-17(24)22-18(25)11-21/h7-9H,3-6,10-12H2,1-2H3,(H,22,24,25). The summed E-state index contributed by atoms with van der Waals surface area (Å²) in [5.74, 6) is -0.311. The van der Waals surface area contributed by atoms with E-state index < -0.39 is 0 Å². The minimum absolute atomic E-state index is 0.155. The van der Waals surface area contributed by atoms with Crippen LogP contribution < -0.4 is 10.9 Å². The normalized spacial score (nSPS) is 20.2. The second-order valence-electron chi connectivity index (χ2n) is 8.15. The maximum Gasteiger partial charge on any atom is 0.336 e. The van der Waals surface area contributed by atoms with E-state index in [1.807, 2.05) is 19.9 Å². The Labute approximate surface area is 157 Å². The number of imide groups is 1. The molecular formula is C21H24N2O4. The average Bonchev–Trinajstić information content (AvgIpc) is 2.57. The van der Waals surface area contributed by atoms with Gasteiger partial charge in [0.05, 0.1) is 0 Å². The third kappa shape index (κ3) is 3.54. The van der Waals surface area contributed by atoms with E-state index in [9.17, 15) is 14.4 Å². The van der Waals surface area contributed by atoms with Crippen LogP contribution in [0.15, 0.2) is 27.4 Å².